The maximum Gasteiger partial charge on any atom is 0.256 e. The molecule has 2 heterocycles. The molecule has 0 radical (unpaired) electrons. The van der Waals surface area contributed by atoms with Crippen LogP contribution >= 0.6 is 0 Å². The third kappa shape index (κ3) is 3.51. The Morgan fingerprint density at radius 3 is 2.38 bits per heavy atom. The summed E-state index contributed by atoms with van der Waals surface area (Å²) in [6, 6.07) is 8.50. The van der Waals surface area contributed by atoms with Gasteiger partial charge in [0.25, 0.3) is 5.91 Å². The maximum absolute atomic E-state index is 11.8. The van der Waals surface area contributed by atoms with E-state index in [0.717, 1.165) is 39.1 Å². The molecule has 0 aliphatic carbocycles. The monoisotopic (exact) mass is 327 g/mol. The van der Waals surface area contributed by atoms with Crippen LogP contribution in [0.2, 0.25) is 0 Å². The summed E-state index contributed by atoms with van der Waals surface area (Å²) in [5, 5.41) is 0. The van der Waals surface area contributed by atoms with Crippen molar-refractivity contribution in [3.63, 3.8) is 0 Å². The van der Waals surface area contributed by atoms with Gasteiger partial charge in [0.1, 0.15) is 0 Å². The number of benzene rings is 1. The number of para-hydroxylation sites is 1. The molecule has 0 N–H and O–H groups in total. The molecule has 0 spiro atoms. The molecule has 24 heavy (non-hydrogen) atoms. The lowest BCUT2D eigenvalue weighted by atomic mass is 10.1. The van der Waals surface area contributed by atoms with Gasteiger partial charge in [0.15, 0.2) is 0 Å². The van der Waals surface area contributed by atoms with Crippen molar-refractivity contribution in [2.24, 2.45) is 0 Å². The first-order chi connectivity index (χ1) is 11.6. The zero-order chi connectivity index (χ0) is 17.1. The van der Waals surface area contributed by atoms with Gasteiger partial charge >= 0.3 is 0 Å². The molecular weight excluding hydrogens is 302 g/mol. The molecule has 1 aromatic carbocycles. The van der Waals surface area contributed by atoms with E-state index in [1.807, 2.05) is 0 Å². The van der Waals surface area contributed by atoms with Crippen LogP contribution in [0.1, 0.15) is 18.4 Å². The predicted molar refractivity (Wildman–Crippen MR) is 94.9 cm³/mol. The van der Waals surface area contributed by atoms with E-state index >= 15 is 0 Å². The molecular formula is C19H25N3O2. The summed E-state index contributed by atoms with van der Waals surface area (Å²) in [6.07, 6.45) is 1.02. The van der Waals surface area contributed by atoms with Crippen LogP contribution in [0, 0.1) is 6.92 Å². The minimum absolute atomic E-state index is 0.102. The van der Waals surface area contributed by atoms with Crippen molar-refractivity contribution in [2.75, 3.05) is 44.2 Å². The summed E-state index contributed by atoms with van der Waals surface area (Å²) in [5.41, 5.74) is 3.06. The summed E-state index contributed by atoms with van der Waals surface area (Å²) in [6.45, 7) is 11.3. The number of nitrogens with zero attached hydrogens (tertiary/aromatic N) is 3. The van der Waals surface area contributed by atoms with E-state index in [2.05, 4.69) is 47.6 Å². The van der Waals surface area contributed by atoms with Gasteiger partial charge in [0, 0.05) is 44.0 Å². The summed E-state index contributed by atoms with van der Waals surface area (Å²) >= 11 is 0. The minimum atomic E-state index is -0.190. The van der Waals surface area contributed by atoms with E-state index in [4.69, 9.17) is 0 Å². The standard InChI is InChI=1S/C19H25N3O2/c1-15-6-3-4-7-17(15)21-12-10-20(11-13-21)8-5-9-22-18(23)14-16(2)19(22)24/h3-4,6-7H,2,5,8-14H2,1H3. The van der Waals surface area contributed by atoms with Crippen LogP contribution in [0.15, 0.2) is 36.4 Å². The highest BCUT2D eigenvalue weighted by atomic mass is 16.2. The normalized spacial score (nSPS) is 19.5. The molecule has 0 saturated carbocycles. The number of imide groups is 1. The van der Waals surface area contributed by atoms with Crippen molar-refractivity contribution < 1.29 is 9.59 Å². The highest BCUT2D eigenvalue weighted by Gasteiger charge is 2.31. The number of likely N-dealkylation sites (tertiary alicyclic amines) is 1. The molecule has 0 atom stereocenters. The first-order valence-corrected chi connectivity index (χ1v) is 8.61. The number of hydrogen-bond donors (Lipinski definition) is 0. The lowest BCUT2D eigenvalue weighted by Crippen LogP contribution is -2.47. The van der Waals surface area contributed by atoms with Crippen LogP contribution in [0.4, 0.5) is 5.69 Å². The fraction of sp³-hybridized carbons (Fsp3) is 0.474. The zero-order valence-electron chi connectivity index (χ0n) is 14.3. The number of piperazine rings is 1. The van der Waals surface area contributed by atoms with Gasteiger partial charge in [-0.25, -0.2) is 0 Å². The molecule has 0 aromatic heterocycles. The van der Waals surface area contributed by atoms with E-state index in [1.165, 1.54) is 16.2 Å². The third-order valence-electron chi connectivity index (χ3n) is 4.90. The average molecular weight is 327 g/mol. The number of rotatable bonds is 5. The van der Waals surface area contributed by atoms with Gasteiger partial charge in [-0.3, -0.25) is 19.4 Å². The van der Waals surface area contributed by atoms with Crippen molar-refractivity contribution in [3.8, 4) is 0 Å². The van der Waals surface area contributed by atoms with Crippen molar-refractivity contribution in [1.29, 1.82) is 0 Å². The number of carbonyl (C=O) groups is 2. The van der Waals surface area contributed by atoms with Gasteiger partial charge in [0.05, 0.1) is 6.42 Å². The Morgan fingerprint density at radius 2 is 1.75 bits per heavy atom. The van der Waals surface area contributed by atoms with E-state index in [9.17, 15) is 9.59 Å². The van der Waals surface area contributed by atoms with Gasteiger partial charge in [-0.05, 0) is 31.5 Å². The smallest absolute Gasteiger partial charge is 0.256 e. The van der Waals surface area contributed by atoms with Crippen molar-refractivity contribution in [1.82, 2.24) is 9.80 Å². The Balaban J connectivity index is 1.43. The molecule has 3 rings (SSSR count). The van der Waals surface area contributed by atoms with Gasteiger partial charge in [0.2, 0.25) is 5.91 Å². The van der Waals surface area contributed by atoms with Gasteiger partial charge in [-0.2, -0.15) is 0 Å². The highest BCUT2D eigenvalue weighted by Crippen LogP contribution is 2.21. The molecule has 128 valence electrons. The van der Waals surface area contributed by atoms with Crippen LogP contribution in [0.25, 0.3) is 0 Å². The van der Waals surface area contributed by atoms with Crippen molar-refractivity contribution in [2.45, 2.75) is 19.8 Å². The van der Waals surface area contributed by atoms with E-state index < -0.39 is 0 Å². The van der Waals surface area contributed by atoms with Gasteiger partial charge < -0.3 is 4.90 Å². The predicted octanol–water partition coefficient (Wildman–Crippen LogP) is 1.82. The number of amides is 2. The van der Waals surface area contributed by atoms with Crippen LogP contribution in [-0.2, 0) is 9.59 Å². The highest BCUT2D eigenvalue weighted by molar-refractivity contribution is 6.12. The fourth-order valence-electron chi connectivity index (χ4n) is 3.47. The van der Waals surface area contributed by atoms with Gasteiger partial charge in [-0.1, -0.05) is 24.8 Å². The molecule has 2 amide bonds. The fourth-order valence-corrected chi connectivity index (χ4v) is 3.47. The molecule has 1 aromatic rings. The van der Waals surface area contributed by atoms with Crippen molar-refractivity contribution in [3.05, 3.63) is 42.0 Å². The topological polar surface area (TPSA) is 43.9 Å². The molecule has 2 fully saturated rings. The first kappa shape index (κ1) is 16.7. The number of aryl methyl sites for hydroxylation is 1. The van der Waals surface area contributed by atoms with E-state index in [-0.39, 0.29) is 18.2 Å². The largest absolute Gasteiger partial charge is 0.369 e. The summed E-state index contributed by atoms with van der Waals surface area (Å²) in [4.78, 5) is 29.7. The second kappa shape index (κ2) is 7.18. The Morgan fingerprint density at radius 1 is 1.04 bits per heavy atom. The Kier molecular flexibility index (Phi) is 5.00. The Bertz CT molecular complexity index is 648. The molecule has 5 nitrogen and oxygen atoms in total. The first-order valence-electron chi connectivity index (χ1n) is 8.61. The van der Waals surface area contributed by atoms with Crippen molar-refractivity contribution >= 4 is 17.5 Å². The summed E-state index contributed by atoms with van der Waals surface area (Å²) in [5.74, 6) is -0.293. The minimum Gasteiger partial charge on any atom is -0.369 e. The van der Waals surface area contributed by atoms with Crippen LogP contribution in [-0.4, -0.2) is 60.9 Å². The van der Waals surface area contributed by atoms with Crippen LogP contribution < -0.4 is 4.90 Å². The van der Waals surface area contributed by atoms with E-state index in [1.54, 1.807) is 0 Å². The SMILES string of the molecule is C=C1CC(=O)N(CCCN2CCN(c3ccccc3C)CC2)C1=O. The molecule has 0 bridgehead atoms. The molecule has 5 heteroatoms. The van der Waals surface area contributed by atoms with E-state index in [0.29, 0.717) is 12.1 Å². The lowest BCUT2D eigenvalue weighted by molar-refractivity contribution is -0.137. The second-order valence-corrected chi connectivity index (χ2v) is 6.60. The van der Waals surface area contributed by atoms with Gasteiger partial charge in [-0.15, -0.1) is 0 Å². The number of anilines is 1. The van der Waals surface area contributed by atoms with Crippen LogP contribution in [0.3, 0.4) is 0 Å². The third-order valence-corrected chi connectivity index (χ3v) is 4.90. The maximum atomic E-state index is 11.8. The van der Waals surface area contributed by atoms with Crippen LogP contribution in [0.5, 0.6) is 0 Å². The molecule has 2 aliphatic rings. The second-order valence-electron chi connectivity index (χ2n) is 6.60. The summed E-state index contributed by atoms with van der Waals surface area (Å²) in [7, 11) is 0. The molecule has 2 aliphatic heterocycles. The Hall–Kier alpha value is -2.14. The average Bonchev–Trinajstić information content (AvgIpc) is 2.82. The Labute approximate surface area is 143 Å². The quantitative estimate of drug-likeness (QED) is 0.611. The summed E-state index contributed by atoms with van der Waals surface area (Å²) < 4.78 is 0. The molecule has 0 unspecified atom stereocenters. The molecule has 2 saturated heterocycles. The number of carbonyl (C=O) groups excluding carboxylic acids is 2. The number of hydrogen-bond acceptors (Lipinski definition) is 4. The lowest BCUT2D eigenvalue weighted by Gasteiger charge is -2.37. The zero-order valence-corrected chi connectivity index (χ0v) is 14.3.